The number of fused-ring (bicyclic) bond motifs is 2. The third kappa shape index (κ3) is 2.25. The molecule has 0 saturated heterocycles. The summed E-state index contributed by atoms with van der Waals surface area (Å²) < 4.78 is 33.2. The Morgan fingerprint density at radius 2 is 1.85 bits per heavy atom. The first kappa shape index (κ1) is 17.4. The fraction of sp³-hybridized carbons (Fsp3) is 0.211. The monoisotopic (exact) mass is 369 g/mol. The first-order valence-corrected chi connectivity index (χ1v) is 8.66. The molecule has 1 aromatic carbocycles. The minimum absolute atomic E-state index is 0.0668. The van der Waals surface area contributed by atoms with Crippen LogP contribution in [-0.2, 0) is 0 Å². The zero-order valence-electron chi connectivity index (χ0n) is 15.5. The molecule has 0 radical (unpaired) electrons. The molecule has 5 nitrogen and oxygen atoms in total. The van der Waals surface area contributed by atoms with Crippen LogP contribution in [0.3, 0.4) is 0 Å². The van der Waals surface area contributed by atoms with Crippen LogP contribution in [0.15, 0.2) is 47.7 Å². The fourth-order valence-corrected chi connectivity index (χ4v) is 4.35. The summed E-state index contributed by atoms with van der Waals surface area (Å²) in [7, 11) is 0. The first-order valence-electron chi connectivity index (χ1n) is 8.66. The Hall–Kier alpha value is -3.03. The predicted octanol–water partition coefficient (Wildman–Crippen LogP) is 4.44. The van der Waals surface area contributed by atoms with Crippen molar-refractivity contribution in [1.29, 1.82) is 0 Å². The molecule has 3 heterocycles. The van der Waals surface area contributed by atoms with Crippen molar-refractivity contribution in [2.24, 2.45) is 0 Å². The molecule has 4 rings (SSSR count). The molecule has 27 heavy (non-hydrogen) atoms. The lowest BCUT2D eigenvalue weighted by Gasteiger charge is -2.34. The standard InChI is InChI=1S/C19H18BF2N3O2/c1-11-8-13(3)23-18(11)17(15-6-5-7-16(10-15)25(26)27)19-12(2)9-14(4)24(19)20(23,21)22/h5-10H,1-4H3. The molecule has 0 unspecified atom stereocenters. The van der Waals surface area contributed by atoms with Crippen molar-refractivity contribution in [1.82, 2.24) is 4.48 Å². The van der Waals surface area contributed by atoms with Crippen LogP contribution in [0.25, 0.3) is 5.57 Å². The number of nitro benzene ring substituents is 1. The highest BCUT2D eigenvalue weighted by molar-refractivity contribution is 6.58. The van der Waals surface area contributed by atoms with Crippen molar-refractivity contribution < 1.29 is 18.0 Å². The highest BCUT2D eigenvalue weighted by Gasteiger charge is 2.55. The predicted molar refractivity (Wildman–Crippen MR) is 101 cm³/mol. The van der Waals surface area contributed by atoms with Crippen LogP contribution in [-0.4, -0.2) is 26.6 Å². The maximum absolute atomic E-state index is 15.5. The van der Waals surface area contributed by atoms with Gasteiger partial charge in [-0.2, -0.15) is 0 Å². The number of aromatic nitrogens is 1. The zero-order chi connectivity index (χ0) is 19.7. The van der Waals surface area contributed by atoms with Gasteiger partial charge in [0.2, 0.25) is 0 Å². The molecule has 2 aromatic rings. The van der Waals surface area contributed by atoms with Crippen LogP contribution in [0, 0.1) is 24.0 Å². The summed E-state index contributed by atoms with van der Waals surface area (Å²) in [6, 6.07) is 7.91. The van der Waals surface area contributed by atoms with E-state index in [0.717, 1.165) is 20.1 Å². The quantitative estimate of drug-likeness (QED) is 0.446. The van der Waals surface area contributed by atoms with Crippen LogP contribution in [0.1, 0.15) is 36.4 Å². The molecule has 0 spiro atoms. The van der Waals surface area contributed by atoms with E-state index in [1.165, 1.54) is 12.1 Å². The summed E-state index contributed by atoms with van der Waals surface area (Å²) in [5, 5.41) is 11.2. The first-order chi connectivity index (χ1) is 12.6. The van der Waals surface area contributed by atoms with Crippen molar-refractivity contribution in [2.45, 2.75) is 27.7 Å². The summed E-state index contributed by atoms with van der Waals surface area (Å²) >= 11 is 0. The van der Waals surface area contributed by atoms with Crippen LogP contribution in [0.4, 0.5) is 14.3 Å². The molecule has 1 aromatic heterocycles. The average Bonchev–Trinajstić information content (AvgIpc) is 3.05. The largest absolute Gasteiger partial charge is 0.737 e. The minimum Gasteiger partial charge on any atom is -0.393 e. The molecule has 2 aliphatic rings. The number of aryl methyl sites for hydroxylation is 2. The molecule has 0 saturated carbocycles. The number of hydrogen-bond donors (Lipinski definition) is 0. The third-order valence-electron chi connectivity index (χ3n) is 5.28. The SMILES string of the molecule is CC1=CC(C)=[N+]2C1=C(c1cccc([N+](=O)[O-])c1)c1c(C)cc(C)n1[B-]2(F)F. The molecule has 0 bridgehead atoms. The molecule has 138 valence electrons. The fourth-order valence-electron chi connectivity index (χ4n) is 4.35. The van der Waals surface area contributed by atoms with Crippen LogP contribution < -0.4 is 0 Å². The lowest BCUT2D eigenvalue weighted by Crippen LogP contribution is -2.51. The smallest absolute Gasteiger partial charge is 0.393 e. The number of halogens is 2. The molecule has 0 fully saturated rings. The number of rotatable bonds is 2. The van der Waals surface area contributed by atoms with Crippen LogP contribution in [0.2, 0.25) is 0 Å². The summed E-state index contributed by atoms with van der Waals surface area (Å²) in [6.07, 6.45) is 1.74. The summed E-state index contributed by atoms with van der Waals surface area (Å²) in [5.74, 6) is 0. The zero-order valence-corrected chi connectivity index (χ0v) is 15.5. The van der Waals surface area contributed by atoms with Crippen molar-refractivity contribution in [3.63, 3.8) is 0 Å². The lowest BCUT2D eigenvalue weighted by atomic mass is 9.84. The molecular weight excluding hydrogens is 351 g/mol. The van der Waals surface area contributed by atoms with E-state index in [0.29, 0.717) is 33.9 Å². The van der Waals surface area contributed by atoms with E-state index >= 15 is 8.63 Å². The Balaban J connectivity index is 2.15. The van der Waals surface area contributed by atoms with Crippen molar-refractivity contribution >= 4 is 23.9 Å². The average molecular weight is 369 g/mol. The molecule has 0 atom stereocenters. The maximum Gasteiger partial charge on any atom is 0.737 e. The van der Waals surface area contributed by atoms with E-state index < -0.39 is 11.9 Å². The van der Waals surface area contributed by atoms with E-state index in [2.05, 4.69) is 0 Å². The van der Waals surface area contributed by atoms with Gasteiger partial charge in [0, 0.05) is 36.4 Å². The van der Waals surface area contributed by atoms with E-state index in [1.54, 1.807) is 52.0 Å². The Bertz CT molecular complexity index is 1130. The Kier molecular flexibility index (Phi) is 3.53. The lowest BCUT2D eigenvalue weighted by molar-refractivity contribution is -0.384. The van der Waals surface area contributed by atoms with Gasteiger partial charge < -0.3 is 17.6 Å². The van der Waals surface area contributed by atoms with Gasteiger partial charge in [0.25, 0.3) is 5.69 Å². The van der Waals surface area contributed by atoms with Crippen molar-refractivity contribution in [2.75, 3.05) is 0 Å². The van der Waals surface area contributed by atoms with Gasteiger partial charge in [-0.3, -0.25) is 10.1 Å². The van der Waals surface area contributed by atoms with Gasteiger partial charge in [-0.1, -0.05) is 12.1 Å². The minimum atomic E-state index is -4.05. The number of nitrogens with zero attached hydrogens (tertiary/aromatic N) is 3. The normalized spacial score (nSPS) is 17.8. The number of nitro groups is 1. The van der Waals surface area contributed by atoms with Crippen molar-refractivity contribution in [3.8, 4) is 0 Å². The third-order valence-corrected chi connectivity index (χ3v) is 5.28. The molecular formula is C19H18BF2N3O2. The molecule has 8 heteroatoms. The summed E-state index contributed by atoms with van der Waals surface area (Å²) in [6.45, 7) is 2.86. The van der Waals surface area contributed by atoms with Gasteiger partial charge in [0.1, 0.15) is 5.71 Å². The van der Waals surface area contributed by atoms with E-state index in [9.17, 15) is 10.1 Å². The van der Waals surface area contributed by atoms with E-state index in [1.807, 2.05) is 0 Å². The van der Waals surface area contributed by atoms with Gasteiger partial charge >= 0.3 is 6.97 Å². The van der Waals surface area contributed by atoms with Gasteiger partial charge in [-0.15, -0.1) is 0 Å². The molecule has 0 amide bonds. The van der Waals surface area contributed by atoms with Crippen LogP contribution in [0.5, 0.6) is 0 Å². The highest BCUT2D eigenvalue weighted by atomic mass is 19.2. The van der Waals surface area contributed by atoms with Gasteiger partial charge in [-0.25, -0.2) is 0 Å². The Morgan fingerprint density at radius 1 is 1.15 bits per heavy atom. The maximum atomic E-state index is 15.5. The van der Waals surface area contributed by atoms with E-state index in [-0.39, 0.29) is 5.69 Å². The molecule has 0 aliphatic carbocycles. The van der Waals surface area contributed by atoms with Gasteiger partial charge in [0.15, 0.2) is 5.70 Å². The Labute approximate surface area is 155 Å². The summed E-state index contributed by atoms with van der Waals surface area (Å²) in [5.41, 5.74) is 4.31. The van der Waals surface area contributed by atoms with E-state index in [4.69, 9.17) is 0 Å². The van der Waals surface area contributed by atoms with Gasteiger partial charge in [0.05, 0.1) is 10.5 Å². The second kappa shape index (κ2) is 5.48. The number of non-ortho nitro benzene ring substituents is 1. The number of hydrogen-bond acceptors (Lipinski definition) is 2. The van der Waals surface area contributed by atoms with Crippen LogP contribution >= 0.6 is 0 Å². The number of allylic oxidation sites excluding steroid dienone is 2. The second-order valence-electron chi connectivity index (χ2n) is 7.15. The topological polar surface area (TPSA) is 51.1 Å². The molecule has 2 aliphatic heterocycles. The summed E-state index contributed by atoms with van der Waals surface area (Å²) in [4.78, 5) is 10.8. The van der Waals surface area contributed by atoms with Crippen molar-refractivity contribution in [3.05, 3.63) is 80.3 Å². The second-order valence-corrected chi connectivity index (χ2v) is 7.15. The Morgan fingerprint density at radius 3 is 2.52 bits per heavy atom. The highest BCUT2D eigenvalue weighted by Crippen LogP contribution is 2.44. The van der Waals surface area contributed by atoms with Gasteiger partial charge in [-0.05, 0) is 43.7 Å². The number of benzene rings is 1. The molecule has 0 N–H and O–H groups in total.